The third kappa shape index (κ3) is 6.97. The first kappa shape index (κ1) is 23.0. The molecule has 154 valence electrons. The lowest BCUT2D eigenvalue weighted by Crippen LogP contribution is -2.39. The van der Waals surface area contributed by atoms with Crippen LogP contribution < -0.4 is 15.5 Å². The molecule has 0 saturated carbocycles. The second kappa shape index (κ2) is 12.3. The lowest BCUT2D eigenvalue weighted by molar-refractivity contribution is 0.122. The van der Waals surface area contributed by atoms with Gasteiger partial charge in [0.2, 0.25) is 0 Å². The molecular formula is C20H29BrIN5O. The molecule has 2 N–H and O–H groups in total. The SMILES string of the molecule is CCNC(=NCc1ccc(Br)cc1N1CCOCC1)NCCn1cccc1.I. The van der Waals surface area contributed by atoms with Gasteiger partial charge in [-0.15, -0.1) is 24.0 Å². The standard InChI is InChI=1S/C20H28BrN5O.HI/c1-2-22-20(23-7-10-25-8-3-4-9-25)24-16-17-5-6-18(21)15-19(17)26-11-13-27-14-12-26;/h3-6,8-9,15H,2,7,10-14,16H2,1H3,(H2,22,23,24);1H. The van der Waals surface area contributed by atoms with E-state index in [9.17, 15) is 0 Å². The summed E-state index contributed by atoms with van der Waals surface area (Å²) in [6.07, 6.45) is 4.14. The zero-order valence-corrected chi connectivity index (χ0v) is 20.2. The number of anilines is 1. The van der Waals surface area contributed by atoms with E-state index in [1.165, 1.54) is 11.3 Å². The molecule has 28 heavy (non-hydrogen) atoms. The minimum absolute atomic E-state index is 0. The molecule has 0 bridgehead atoms. The van der Waals surface area contributed by atoms with Gasteiger partial charge in [-0.1, -0.05) is 22.0 Å². The van der Waals surface area contributed by atoms with Crippen LogP contribution in [-0.4, -0.2) is 49.9 Å². The molecule has 2 heterocycles. The molecule has 1 aliphatic rings. The molecule has 1 saturated heterocycles. The Morgan fingerprint density at radius 1 is 1.18 bits per heavy atom. The van der Waals surface area contributed by atoms with Crippen molar-refractivity contribution in [1.82, 2.24) is 15.2 Å². The number of halogens is 2. The first-order chi connectivity index (χ1) is 13.3. The Labute approximate surface area is 192 Å². The van der Waals surface area contributed by atoms with Crippen LogP contribution in [0, 0.1) is 0 Å². The molecule has 1 fully saturated rings. The Morgan fingerprint density at radius 3 is 2.64 bits per heavy atom. The second-order valence-corrected chi connectivity index (χ2v) is 7.33. The number of aromatic nitrogens is 1. The molecule has 3 rings (SSSR count). The van der Waals surface area contributed by atoms with Gasteiger partial charge < -0.3 is 24.8 Å². The molecule has 0 unspecified atom stereocenters. The molecule has 2 aromatic rings. The van der Waals surface area contributed by atoms with E-state index >= 15 is 0 Å². The summed E-state index contributed by atoms with van der Waals surface area (Å²) < 4.78 is 8.74. The molecule has 1 aromatic heterocycles. The highest BCUT2D eigenvalue weighted by molar-refractivity contribution is 14.0. The summed E-state index contributed by atoms with van der Waals surface area (Å²) in [4.78, 5) is 7.18. The Hall–Kier alpha value is -1.26. The number of guanidine groups is 1. The van der Waals surface area contributed by atoms with Crippen molar-refractivity contribution < 1.29 is 4.74 Å². The predicted octanol–water partition coefficient (Wildman–Crippen LogP) is 3.46. The van der Waals surface area contributed by atoms with Crippen molar-refractivity contribution in [3.8, 4) is 0 Å². The van der Waals surface area contributed by atoms with Gasteiger partial charge in [-0.2, -0.15) is 0 Å². The number of hydrogen-bond donors (Lipinski definition) is 2. The van der Waals surface area contributed by atoms with Crippen LogP contribution in [0.15, 0.2) is 52.2 Å². The zero-order valence-electron chi connectivity index (χ0n) is 16.2. The van der Waals surface area contributed by atoms with E-state index in [-0.39, 0.29) is 24.0 Å². The van der Waals surface area contributed by atoms with Crippen LogP contribution in [0.4, 0.5) is 5.69 Å². The Morgan fingerprint density at radius 2 is 1.93 bits per heavy atom. The van der Waals surface area contributed by atoms with Gasteiger partial charge in [0.1, 0.15) is 0 Å². The van der Waals surface area contributed by atoms with Crippen molar-refractivity contribution in [3.05, 3.63) is 52.8 Å². The van der Waals surface area contributed by atoms with E-state index in [0.29, 0.717) is 6.54 Å². The van der Waals surface area contributed by atoms with Gasteiger partial charge in [0.05, 0.1) is 19.8 Å². The van der Waals surface area contributed by atoms with Crippen LogP contribution in [0.1, 0.15) is 12.5 Å². The molecule has 1 aliphatic heterocycles. The molecule has 0 aliphatic carbocycles. The second-order valence-electron chi connectivity index (χ2n) is 6.42. The van der Waals surface area contributed by atoms with Crippen molar-refractivity contribution in [3.63, 3.8) is 0 Å². The highest BCUT2D eigenvalue weighted by atomic mass is 127. The zero-order chi connectivity index (χ0) is 18.9. The van der Waals surface area contributed by atoms with E-state index < -0.39 is 0 Å². The lowest BCUT2D eigenvalue weighted by Gasteiger charge is -2.30. The Balaban J connectivity index is 0.00000280. The van der Waals surface area contributed by atoms with Crippen LogP contribution in [0.3, 0.4) is 0 Å². The summed E-state index contributed by atoms with van der Waals surface area (Å²) in [5, 5.41) is 6.74. The van der Waals surface area contributed by atoms with Crippen molar-refractivity contribution in [2.75, 3.05) is 44.3 Å². The fraction of sp³-hybridized carbons (Fsp3) is 0.450. The van der Waals surface area contributed by atoms with Crippen molar-refractivity contribution in [1.29, 1.82) is 0 Å². The van der Waals surface area contributed by atoms with Crippen LogP contribution in [-0.2, 0) is 17.8 Å². The number of morpholine rings is 1. The predicted molar refractivity (Wildman–Crippen MR) is 130 cm³/mol. The topological polar surface area (TPSA) is 53.8 Å². The number of rotatable bonds is 7. The lowest BCUT2D eigenvalue weighted by atomic mass is 10.1. The van der Waals surface area contributed by atoms with Crippen LogP contribution >= 0.6 is 39.9 Å². The maximum Gasteiger partial charge on any atom is 0.191 e. The first-order valence-corrected chi connectivity index (χ1v) is 10.3. The quantitative estimate of drug-likeness (QED) is 0.309. The van der Waals surface area contributed by atoms with E-state index in [2.05, 4.69) is 73.5 Å². The van der Waals surface area contributed by atoms with E-state index in [0.717, 1.165) is 56.4 Å². The highest BCUT2D eigenvalue weighted by Gasteiger charge is 2.15. The average molecular weight is 562 g/mol. The number of ether oxygens (including phenoxy) is 1. The molecule has 1 aromatic carbocycles. The normalized spacial score (nSPS) is 14.5. The summed E-state index contributed by atoms with van der Waals surface area (Å²) in [5.41, 5.74) is 2.46. The number of benzene rings is 1. The monoisotopic (exact) mass is 561 g/mol. The third-order valence-corrected chi connectivity index (χ3v) is 4.97. The Bertz CT molecular complexity index is 732. The Kier molecular flexibility index (Phi) is 10.1. The van der Waals surface area contributed by atoms with Crippen molar-refractivity contribution >= 4 is 51.6 Å². The fourth-order valence-electron chi connectivity index (χ4n) is 3.10. The fourth-order valence-corrected chi connectivity index (χ4v) is 3.45. The minimum atomic E-state index is 0. The average Bonchev–Trinajstić information content (AvgIpc) is 3.21. The molecular weight excluding hydrogens is 533 g/mol. The molecule has 0 spiro atoms. The molecule has 0 atom stereocenters. The van der Waals surface area contributed by atoms with Crippen LogP contribution in [0.25, 0.3) is 0 Å². The van der Waals surface area contributed by atoms with Gasteiger partial charge in [-0.05, 0) is 36.8 Å². The number of hydrogen-bond acceptors (Lipinski definition) is 3. The van der Waals surface area contributed by atoms with Crippen LogP contribution in [0.5, 0.6) is 0 Å². The molecule has 0 amide bonds. The highest BCUT2D eigenvalue weighted by Crippen LogP contribution is 2.26. The number of nitrogens with zero attached hydrogens (tertiary/aromatic N) is 3. The smallest absolute Gasteiger partial charge is 0.191 e. The van der Waals surface area contributed by atoms with Crippen molar-refractivity contribution in [2.45, 2.75) is 20.0 Å². The van der Waals surface area contributed by atoms with Gasteiger partial charge in [-0.3, -0.25) is 0 Å². The largest absolute Gasteiger partial charge is 0.378 e. The van der Waals surface area contributed by atoms with E-state index in [1.807, 2.05) is 12.1 Å². The number of aliphatic imine (C=N–C) groups is 1. The van der Waals surface area contributed by atoms with Gasteiger partial charge in [0.15, 0.2) is 5.96 Å². The summed E-state index contributed by atoms with van der Waals surface area (Å²) in [6, 6.07) is 10.5. The van der Waals surface area contributed by atoms with Gasteiger partial charge in [0, 0.05) is 55.3 Å². The first-order valence-electron chi connectivity index (χ1n) is 9.50. The maximum atomic E-state index is 5.49. The minimum Gasteiger partial charge on any atom is -0.378 e. The third-order valence-electron chi connectivity index (χ3n) is 4.48. The maximum absolute atomic E-state index is 5.49. The van der Waals surface area contributed by atoms with E-state index in [1.54, 1.807) is 0 Å². The number of nitrogens with one attached hydrogen (secondary N) is 2. The summed E-state index contributed by atoms with van der Waals surface area (Å²) >= 11 is 3.60. The van der Waals surface area contributed by atoms with E-state index in [4.69, 9.17) is 9.73 Å². The van der Waals surface area contributed by atoms with Gasteiger partial charge in [-0.25, -0.2) is 4.99 Å². The van der Waals surface area contributed by atoms with Gasteiger partial charge >= 0.3 is 0 Å². The summed E-state index contributed by atoms with van der Waals surface area (Å²) in [7, 11) is 0. The molecule has 0 radical (unpaired) electrons. The molecule has 8 heteroatoms. The molecule has 6 nitrogen and oxygen atoms in total. The van der Waals surface area contributed by atoms with Crippen molar-refractivity contribution in [2.24, 2.45) is 4.99 Å². The van der Waals surface area contributed by atoms with Gasteiger partial charge in [0.25, 0.3) is 0 Å². The summed E-state index contributed by atoms with van der Waals surface area (Å²) in [5.74, 6) is 0.848. The van der Waals surface area contributed by atoms with Crippen LogP contribution in [0.2, 0.25) is 0 Å². The summed E-state index contributed by atoms with van der Waals surface area (Å²) in [6.45, 7) is 8.70.